The summed E-state index contributed by atoms with van der Waals surface area (Å²) in [5.74, 6) is 0.172. The molecule has 10 heteroatoms. The molecule has 0 aliphatic carbocycles. The van der Waals surface area contributed by atoms with E-state index in [2.05, 4.69) is 48.4 Å². The number of nitrogens with zero attached hydrogens (tertiary/aromatic N) is 4. The smallest absolute Gasteiger partial charge is 0.269 e. The number of nitro groups is 1. The van der Waals surface area contributed by atoms with Gasteiger partial charge in [-0.3, -0.25) is 19.7 Å². The average Bonchev–Trinajstić information content (AvgIpc) is 3.69. The standard InChI is InChI=1S/C35H37N5O4S/c1-25(2)17-29(37-34(41)18-31-20-36-24-39(31)21-26-12-14-30(15-13-26)40(43)44)23-38(35(42)19-32-10-6-16-45-32)22-28-9-5-8-27-7-3-4-11-33(27)28/h3-16,20,24-25,29H,17-19,21-23H2,1-2H3,(H,37,41)/t29-/m0/s1. The van der Waals surface area contributed by atoms with Crippen molar-refractivity contribution in [3.63, 3.8) is 0 Å². The van der Waals surface area contributed by atoms with Gasteiger partial charge in [0.1, 0.15) is 0 Å². The maximum absolute atomic E-state index is 13.8. The highest BCUT2D eigenvalue weighted by atomic mass is 32.1. The summed E-state index contributed by atoms with van der Waals surface area (Å²) in [6.07, 6.45) is 4.47. The van der Waals surface area contributed by atoms with Crippen LogP contribution in [-0.2, 0) is 35.5 Å². The maximum Gasteiger partial charge on any atom is 0.269 e. The van der Waals surface area contributed by atoms with Crippen molar-refractivity contribution in [1.29, 1.82) is 0 Å². The van der Waals surface area contributed by atoms with Gasteiger partial charge in [-0.1, -0.05) is 74.5 Å². The monoisotopic (exact) mass is 623 g/mol. The molecule has 0 saturated heterocycles. The van der Waals surface area contributed by atoms with Gasteiger partial charge in [0.15, 0.2) is 0 Å². The molecule has 3 aromatic carbocycles. The average molecular weight is 624 g/mol. The lowest BCUT2D eigenvalue weighted by Crippen LogP contribution is -2.47. The molecule has 5 rings (SSSR count). The minimum atomic E-state index is -0.427. The quantitative estimate of drug-likeness (QED) is 0.114. The number of nitro benzene ring substituents is 1. The summed E-state index contributed by atoms with van der Waals surface area (Å²) < 4.78 is 1.87. The number of rotatable bonds is 14. The van der Waals surface area contributed by atoms with Crippen molar-refractivity contribution >= 4 is 39.6 Å². The highest BCUT2D eigenvalue weighted by Crippen LogP contribution is 2.22. The first kappa shape index (κ1) is 31.6. The summed E-state index contributed by atoms with van der Waals surface area (Å²) in [6.45, 7) is 5.49. The van der Waals surface area contributed by atoms with Crippen molar-refractivity contribution in [2.24, 2.45) is 5.92 Å². The predicted molar refractivity (Wildman–Crippen MR) is 177 cm³/mol. The molecule has 9 nitrogen and oxygen atoms in total. The fourth-order valence-corrected chi connectivity index (χ4v) is 6.28. The van der Waals surface area contributed by atoms with E-state index in [0.717, 1.165) is 32.5 Å². The zero-order valence-corrected chi connectivity index (χ0v) is 26.3. The molecule has 0 saturated carbocycles. The molecule has 0 fully saturated rings. The van der Waals surface area contributed by atoms with Gasteiger partial charge >= 0.3 is 0 Å². The summed E-state index contributed by atoms with van der Waals surface area (Å²) in [4.78, 5) is 44.9. The topological polar surface area (TPSA) is 110 Å². The summed E-state index contributed by atoms with van der Waals surface area (Å²) in [7, 11) is 0. The van der Waals surface area contributed by atoms with Crippen LogP contribution in [0.25, 0.3) is 10.8 Å². The van der Waals surface area contributed by atoms with E-state index in [1.54, 1.807) is 36.0 Å². The molecule has 0 aliphatic heterocycles. The highest BCUT2D eigenvalue weighted by molar-refractivity contribution is 7.10. The molecule has 2 amide bonds. The Kier molecular flexibility index (Phi) is 10.4. The molecule has 1 N–H and O–H groups in total. The number of hydrogen-bond donors (Lipinski definition) is 1. The van der Waals surface area contributed by atoms with E-state index in [4.69, 9.17) is 0 Å². The van der Waals surface area contributed by atoms with Gasteiger partial charge < -0.3 is 14.8 Å². The Morgan fingerprint density at radius 3 is 2.51 bits per heavy atom. The molecule has 0 unspecified atom stereocenters. The van der Waals surface area contributed by atoms with Crippen molar-refractivity contribution in [2.45, 2.75) is 52.2 Å². The normalized spacial score (nSPS) is 11.9. The molecule has 0 spiro atoms. The Labute approximate surface area is 266 Å². The van der Waals surface area contributed by atoms with Gasteiger partial charge in [-0.15, -0.1) is 11.3 Å². The Bertz CT molecular complexity index is 1740. The lowest BCUT2D eigenvalue weighted by molar-refractivity contribution is -0.384. The van der Waals surface area contributed by atoms with E-state index in [-0.39, 0.29) is 30.0 Å². The number of benzene rings is 3. The van der Waals surface area contributed by atoms with Gasteiger partial charge in [0, 0.05) is 54.6 Å². The SMILES string of the molecule is CC(C)C[C@@H](CN(Cc1cccc2ccccc12)C(=O)Cc1cccs1)NC(=O)Cc1cncn1Cc1ccc([N+](=O)[O-])cc1. The molecule has 232 valence electrons. The maximum atomic E-state index is 13.8. The second-order valence-electron chi connectivity index (χ2n) is 11.7. The Hall–Kier alpha value is -4.83. The molecule has 2 heterocycles. The number of amides is 2. The molecular weight excluding hydrogens is 586 g/mol. The van der Waals surface area contributed by atoms with Crippen molar-refractivity contribution in [2.75, 3.05) is 6.54 Å². The second kappa shape index (κ2) is 14.8. The van der Waals surface area contributed by atoms with Crippen LogP contribution in [0.2, 0.25) is 0 Å². The van der Waals surface area contributed by atoms with E-state index < -0.39 is 4.92 Å². The highest BCUT2D eigenvalue weighted by Gasteiger charge is 2.23. The van der Waals surface area contributed by atoms with Gasteiger partial charge in [0.2, 0.25) is 11.8 Å². The molecule has 0 radical (unpaired) electrons. The number of non-ortho nitro benzene ring substituents is 1. The predicted octanol–water partition coefficient (Wildman–Crippen LogP) is 6.40. The number of imidazole rings is 1. The fraction of sp³-hybridized carbons (Fsp3) is 0.286. The van der Waals surface area contributed by atoms with Crippen LogP contribution in [0.5, 0.6) is 0 Å². The van der Waals surface area contributed by atoms with Gasteiger partial charge in [-0.25, -0.2) is 4.98 Å². The minimum absolute atomic E-state index is 0.0227. The van der Waals surface area contributed by atoms with Crippen LogP contribution in [-0.4, -0.2) is 43.8 Å². The summed E-state index contributed by atoms with van der Waals surface area (Å²) >= 11 is 1.57. The van der Waals surface area contributed by atoms with Crippen molar-refractivity contribution in [1.82, 2.24) is 19.8 Å². The largest absolute Gasteiger partial charge is 0.351 e. The molecule has 1 atom stereocenters. The Morgan fingerprint density at radius 1 is 1.00 bits per heavy atom. The third kappa shape index (κ3) is 8.63. The van der Waals surface area contributed by atoms with Crippen LogP contribution in [0.3, 0.4) is 0 Å². The van der Waals surface area contributed by atoms with Gasteiger partial charge in [-0.05, 0) is 45.7 Å². The van der Waals surface area contributed by atoms with Crippen LogP contribution in [0, 0.1) is 16.0 Å². The second-order valence-corrected chi connectivity index (χ2v) is 12.7. The van der Waals surface area contributed by atoms with Crippen molar-refractivity contribution in [3.05, 3.63) is 129 Å². The molecule has 0 aliphatic rings. The van der Waals surface area contributed by atoms with Gasteiger partial charge in [0.05, 0.1) is 24.1 Å². The number of carbonyl (C=O) groups excluding carboxylic acids is 2. The van der Waals surface area contributed by atoms with Crippen LogP contribution in [0.4, 0.5) is 5.69 Å². The first-order chi connectivity index (χ1) is 21.7. The molecule has 2 aromatic heterocycles. The number of carbonyl (C=O) groups is 2. The Morgan fingerprint density at radius 2 is 1.78 bits per heavy atom. The first-order valence-corrected chi connectivity index (χ1v) is 15.9. The number of nitrogens with one attached hydrogen (secondary N) is 1. The van der Waals surface area contributed by atoms with Crippen molar-refractivity contribution in [3.8, 4) is 0 Å². The zero-order valence-electron chi connectivity index (χ0n) is 25.5. The van der Waals surface area contributed by atoms with Crippen LogP contribution in [0.15, 0.2) is 96.8 Å². The van der Waals surface area contributed by atoms with Crippen LogP contribution < -0.4 is 5.32 Å². The Balaban J connectivity index is 1.31. The van der Waals surface area contributed by atoms with E-state index in [1.165, 1.54) is 12.1 Å². The third-order valence-corrected chi connectivity index (χ3v) is 8.58. The van der Waals surface area contributed by atoms with E-state index >= 15 is 0 Å². The van der Waals surface area contributed by atoms with E-state index in [0.29, 0.717) is 38.4 Å². The first-order valence-electron chi connectivity index (χ1n) is 15.0. The molecule has 5 aromatic rings. The number of aromatic nitrogens is 2. The van der Waals surface area contributed by atoms with Gasteiger partial charge in [-0.2, -0.15) is 0 Å². The number of thiophene rings is 1. The summed E-state index contributed by atoms with van der Waals surface area (Å²) in [5.41, 5.74) is 2.70. The van der Waals surface area contributed by atoms with Crippen LogP contribution >= 0.6 is 11.3 Å². The summed E-state index contributed by atoms with van der Waals surface area (Å²) in [6, 6.07) is 24.4. The number of fused-ring (bicyclic) bond motifs is 1. The molecule has 0 bridgehead atoms. The lowest BCUT2D eigenvalue weighted by atomic mass is 10.0. The van der Waals surface area contributed by atoms with E-state index in [9.17, 15) is 19.7 Å². The van der Waals surface area contributed by atoms with Crippen LogP contribution in [0.1, 0.15) is 42.0 Å². The molecule has 45 heavy (non-hydrogen) atoms. The minimum Gasteiger partial charge on any atom is -0.351 e. The van der Waals surface area contributed by atoms with Gasteiger partial charge in [0.25, 0.3) is 5.69 Å². The zero-order chi connectivity index (χ0) is 31.8. The van der Waals surface area contributed by atoms with Crippen molar-refractivity contribution < 1.29 is 14.5 Å². The van der Waals surface area contributed by atoms with E-state index in [1.807, 2.05) is 45.2 Å². The molecular formula is C35H37N5O4S. The lowest BCUT2D eigenvalue weighted by Gasteiger charge is -2.30. The summed E-state index contributed by atoms with van der Waals surface area (Å²) in [5, 5.41) is 18.4. The fourth-order valence-electron chi connectivity index (χ4n) is 5.58. The number of hydrogen-bond acceptors (Lipinski definition) is 6. The third-order valence-electron chi connectivity index (χ3n) is 7.70.